The lowest BCUT2D eigenvalue weighted by atomic mass is 9.90. The lowest BCUT2D eigenvalue weighted by Gasteiger charge is -2.38. The zero-order valence-electron chi connectivity index (χ0n) is 19.2. The van der Waals surface area contributed by atoms with E-state index in [1.165, 1.54) is 5.56 Å². The van der Waals surface area contributed by atoms with Crippen molar-refractivity contribution in [3.63, 3.8) is 0 Å². The van der Waals surface area contributed by atoms with E-state index < -0.39 is 5.97 Å². The third-order valence-corrected chi connectivity index (χ3v) is 6.30. The van der Waals surface area contributed by atoms with Crippen LogP contribution in [0.15, 0.2) is 72.8 Å². The Balaban J connectivity index is 1.72. The first kappa shape index (κ1) is 22.9. The molecule has 3 aromatic rings. The van der Waals surface area contributed by atoms with Crippen LogP contribution in [-0.4, -0.2) is 42.8 Å². The summed E-state index contributed by atoms with van der Waals surface area (Å²) >= 11 is 0. The van der Waals surface area contributed by atoms with E-state index in [2.05, 4.69) is 47.4 Å². The standard InChI is InChI=1S/C28H31NO4/c1-3-33-25-16-15-23(18-26(25)32-2)27(29-17-7-10-24(19-29)28(30)31)22-13-11-21(12-14-22)20-8-5-4-6-9-20/h4-6,8-9,11-16,18,24,27H,3,7,10,17,19H2,1-2H3,(H,30,31). The van der Waals surface area contributed by atoms with Crippen molar-refractivity contribution in [3.8, 4) is 22.6 Å². The van der Waals surface area contributed by atoms with Crippen molar-refractivity contribution in [2.75, 3.05) is 26.8 Å². The topological polar surface area (TPSA) is 59.0 Å². The molecule has 33 heavy (non-hydrogen) atoms. The molecule has 1 saturated heterocycles. The molecule has 2 atom stereocenters. The molecule has 1 N–H and O–H groups in total. The fourth-order valence-corrected chi connectivity index (χ4v) is 4.67. The van der Waals surface area contributed by atoms with Gasteiger partial charge in [0.15, 0.2) is 11.5 Å². The number of likely N-dealkylation sites (tertiary alicyclic amines) is 1. The van der Waals surface area contributed by atoms with Crippen molar-refractivity contribution in [2.45, 2.75) is 25.8 Å². The smallest absolute Gasteiger partial charge is 0.307 e. The second-order valence-corrected chi connectivity index (χ2v) is 8.41. The number of ether oxygens (including phenoxy) is 2. The van der Waals surface area contributed by atoms with Gasteiger partial charge in [0.05, 0.1) is 25.7 Å². The number of nitrogens with zero attached hydrogens (tertiary/aromatic N) is 1. The summed E-state index contributed by atoms with van der Waals surface area (Å²) in [5.41, 5.74) is 4.53. The Labute approximate surface area is 195 Å². The van der Waals surface area contributed by atoms with E-state index in [4.69, 9.17) is 9.47 Å². The molecule has 0 aliphatic carbocycles. The highest BCUT2D eigenvalue weighted by atomic mass is 16.5. The molecular formula is C28H31NO4. The summed E-state index contributed by atoms with van der Waals surface area (Å²) in [6.45, 7) is 3.89. The van der Waals surface area contributed by atoms with Crippen molar-refractivity contribution in [2.24, 2.45) is 5.92 Å². The molecule has 1 heterocycles. The van der Waals surface area contributed by atoms with Crippen molar-refractivity contribution < 1.29 is 19.4 Å². The molecule has 3 aromatic carbocycles. The monoisotopic (exact) mass is 445 g/mol. The molecule has 0 amide bonds. The van der Waals surface area contributed by atoms with Crippen LogP contribution in [0.5, 0.6) is 11.5 Å². The van der Waals surface area contributed by atoms with Crippen LogP contribution in [0.4, 0.5) is 0 Å². The van der Waals surface area contributed by atoms with Gasteiger partial charge in [0.2, 0.25) is 0 Å². The molecule has 1 aliphatic heterocycles. The lowest BCUT2D eigenvalue weighted by molar-refractivity contribution is -0.143. The SMILES string of the molecule is CCOc1ccc(C(c2ccc(-c3ccccc3)cc2)N2CCCC(C(=O)O)C2)cc1OC. The largest absolute Gasteiger partial charge is 0.493 e. The second kappa shape index (κ2) is 10.5. The van der Waals surface area contributed by atoms with Crippen LogP contribution in [0.2, 0.25) is 0 Å². The minimum atomic E-state index is -0.720. The Morgan fingerprint density at radius 1 is 1.00 bits per heavy atom. The van der Waals surface area contributed by atoms with Gasteiger partial charge in [0, 0.05) is 6.54 Å². The average Bonchev–Trinajstić information content (AvgIpc) is 2.86. The Morgan fingerprint density at radius 2 is 1.70 bits per heavy atom. The van der Waals surface area contributed by atoms with Crippen LogP contribution >= 0.6 is 0 Å². The minimum absolute atomic E-state index is 0.0680. The van der Waals surface area contributed by atoms with Crippen LogP contribution < -0.4 is 9.47 Å². The summed E-state index contributed by atoms with van der Waals surface area (Å²) in [7, 11) is 1.65. The number of piperidine rings is 1. The molecule has 5 nitrogen and oxygen atoms in total. The number of hydrogen-bond acceptors (Lipinski definition) is 4. The molecule has 0 radical (unpaired) electrons. The van der Waals surface area contributed by atoms with Gasteiger partial charge in [0.1, 0.15) is 0 Å². The van der Waals surface area contributed by atoms with E-state index in [-0.39, 0.29) is 12.0 Å². The third-order valence-electron chi connectivity index (χ3n) is 6.30. The van der Waals surface area contributed by atoms with Gasteiger partial charge in [-0.2, -0.15) is 0 Å². The van der Waals surface area contributed by atoms with Gasteiger partial charge in [-0.05, 0) is 60.7 Å². The fraction of sp³-hybridized carbons (Fsp3) is 0.321. The molecule has 0 spiro atoms. The Kier molecular flexibility index (Phi) is 7.30. The first-order chi connectivity index (χ1) is 16.1. The lowest BCUT2D eigenvalue weighted by Crippen LogP contribution is -2.41. The second-order valence-electron chi connectivity index (χ2n) is 8.41. The number of carboxylic acids is 1. The average molecular weight is 446 g/mol. The van der Waals surface area contributed by atoms with Crippen molar-refractivity contribution in [3.05, 3.63) is 83.9 Å². The number of benzene rings is 3. The zero-order valence-corrected chi connectivity index (χ0v) is 19.2. The molecule has 0 saturated carbocycles. The van der Waals surface area contributed by atoms with E-state index in [1.807, 2.05) is 37.3 Å². The van der Waals surface area contributed by atoms with E-state index in [9.17, 15) is 9.90 Å². The number of carbonyl (C=O) groups is 1. The summed E-state index contributed by atoms with van der Waals surface area (Å²) in [6.07, 6.45) is 1.59. The van der Waals surface area contributed by atoms with Crippen molar-refractivity contribution in [1.82, 2.24) is 4.90 Å². The number of hydrogen-bond donors (Lipinski definition) is 1. The summed E-state index contributed by atoms with van der Waals surface area (Å²) in [4.78, 5) is 14.0. The van der Waals surface area contributed by atoms with Gasteiger partial charge >= 0.3 is 5.97 Å². The normalized spacial score (nSPS) is 17.3. The highest BCUT2D eigenvalue weighted by molar-refractivity contribution is 5.70. The van der Waals surface area contributed by atoms with Crippen LogP contribution in [0, 0.1) is 5.92 Å². The maximum absolute atomic E-state index is 11.8. The first-order valence-corrected chi connectivity index (χ1v) is 11.5. The van der Waals surface area contributed by atoms with E-state index >= 15 is 0 Å². The van der Waals surface area contributed by atoms with Gasteiger partial charge in [-0.1, -0.05) is 60.7 Å². The number of carboxylic acid groups (broad SMARTS) is 1. The van der Waals surface area contributed by atoms with Crippen LogP contribution in [0.1, 0.15) is 36.9 Å². The number of rotatable bonds is 8. The van der Waals surface area contributed by atoms with Crippen LogP contribution in [0.25, 0.3) is 11.1 Å². The van der Waals surface area contributed by atoms with Gasteiger partial charge < -0.3 is 14.6 Å². The molecule has 4 rings (SSSR count). The summed E-state index contributed by atoms with van der Waals surface area (Å²) in [6, 6.07) is 24.9. The van der Waals surface area contributed by atoms with Crippen molar-refractivity contribution >= 4 is 5.97 Å². The Hall–Kier alpha value is -3.31. The molecule has 172 valence electrons. The Morgan fingerprint density at radius 3 is 2.36 bits per heavy atom. The quantitative estimate of drug-likeness (QED) is 0.486. The predicted octanol–water partition coefficient (Wildman–Crippen LogP) is 5.65. The first-order valence-electron chi connectivity index (χ1n) is 11.5. The maximum atomic E-state index is 11.8. The summed E-state index contributed by atoms with van der Waals surface area (Å²) < 4.78 is 11.3. The summed E-state index contributed by atoms with van der Waals surface area (Å²) in [5, 5.41) is 9.66. The van der Waals surface area contributed by atoms with Crippen LogP contribution in [0.3, 0.4) is 0 Å². The van der Waals surface area contributed by atoms with E-state index in [0.717, 1.165) is 36.1 Å². The van der Waals surface area contributed by atoms with E-state index in [1.54, 1.807) is 7.11 Å². The minimum Gasteiger partial charge on any atom is -0.493 e. The molecule has 1 fully saturated rings. The highest BCUT2D eigenvalue weighted by Gasteiger charge is 2.31. The van der Waals surface area contributed by atoms with Gasteiger partial charge in [-0.25, -0.2) is 0 Å². The molecule has 5 heteroatoms. The van der Waals surface area contributed by atoms with E-state index in [0.29, 0.717) is 24.7 Å². The van der Waals surface area contributed by atoms with Crippen LogP contribution in [-0.2, 0) is 4.79 Å². The zero-order chi connectivity index (χ0) is 23.2. The third kappa shape index (κ3) is 5.20. The predicted molar refractivity (Wildman–Crippen MR) is 130 cm³/mol. The summed E-state index contributed by atoms with van der Waals surface area (Å²) in [5.74, 6) is 0.326. The number of methoxy groups -OCH3 is 1. The van der Waals surface area contributed by atoms with Gasteiger partial charge in [-0.3, -0.25) is 9.69 Å². The fourth-order valence-electron chi connectivity index (χ4n) is 4.67. The molecule has 0 bridgehead atoms. The number of aliphatic carboxylic acids is 1. The molecule has 2 unspecified atom stereocenters. The molecule has 0 aromatic heterocycles. The van der Waals surface area contributed by atoms with Crippen molar-refractivity contribution in [1.29, 1.82) is 0 Å². The maximum Gasteiger partial charge on any atom is 0.307 e. The molecule has 1 aliphatic rings. The van der Waals surface area contributed by atoms with Gasteiger partial charge in [0.25, 0.3) is 0 Å². The van der Waals surface area contributed by atoms with Gasteiger partial charge in [-0.15, -0.1) is 0 Å². The highest BCUT2D eigenvalue weighted by Crippen LogP contribution is 2.38. The Bertz CT molecular complexity index is 1070. The molecular weight excluding hydrogens is 414 g/mol.